The van der Waals surface area contributed by atoms with E-state index in [9.17, 15) is 4.79 Å². The summed E-state index contributed by atoms with van der Waals surface area (Å²) < 4.78 is 5.84. The maximum Gasteiger partial charge on any atom is 0.328 e. The lowest BCUT2D eigenvalue weighted by atomic mass is 10.0. The van der Waals surface area contributed by atoms with Crippen molar-refractivity contribution in [3.05, 3.63) is 71.8 Å². The molecule has 0 bridgehead atoms. The largest absolute Gasteiger partial charge is 0.456 e. The van der Waals surface area contributed by atoms with Crippen molar-refractivity contribution in [1.82, 2.24) is 9.80 Å². The second-order valence-electron chi connectivity index (χ2n) is 6.64. The van der Waals surface area contributed by atoms with Gasteiger partial charge in [0.05, 0.1) is 0 Å². The van der Waals surface area contributed by atoms with Gasteiger partial charge in [0.1, 0.15) is 12.1 Å². The fourth-order valence-corrected chi connectivity index (χ4v) is 3.24. The molecular formula is C21H26N2O2. The Kier molecular flexibility index (Phi) is 5.84. The van der Waals surface area contributed by atoms with Crippen LogP contribution in [0, 0.1) is 0 Å². The highest BCUT2D eigenvalue weighted by molar-refractivity contribution is 5.78. The summed E-state index contributed by atoms with van der Waals surface area (Å²) in [6.07, 6.45) is -0.257. The van der Waals surface area contributed by atoms with Gasteiger partial charge >= 0.3 is 5.97 Å². The standard InChI is InChI=1S/C21H26N2O2/c1-17(18-9-5-3-6-10-18)25-21(24)20(19-11-7-4-8-12-19)23-15-13-22(2)14-16-23/h3-12,17,20H,13-16H2,1-2H3/t17-,20?/m0/s1. The Bertz CT molecular complexity index is 667. The number of benzene rings is 2. The molecule has 1 fully saturated rings. The van der Waals surface area contributed by atoms with Crippen molar-refractivity contribution in [2.45, 2.75) is 19.1 Å². The molecule has 4 heteroatoms. The average molecular weight is 338 g/mol. The SMILES string of the molecule is C[C@H](OC(=O)C(c1ccccc1)N1CCN(C)CC1)c1ccccc1. The Morgan fingerprint density at radius 2 is 1.40 bits per heavy atom. The van der Waals surface area contributed by atoms with Gasteiger partial charge in [0, 0.05) is 26.2 Å². The normalized spacial score (nSPS) is 18.5. The minimum absolute atomic E-state index is 0.174. The first-order valence-electron chi connectivity index (χ1n) is 8.88. The summed E-state index contributed by atoms with van der Waals surface area (Å²) >= 11 is 0. The molecule has 132 valence electrons. The molecule has 0 radical (unpaired) electrons. The number of ether oxygens (including phenoxy) is 1. The summed E-state index contributed by atoms with van der Waals surface area (Å²) in [6, 6.07) is 19.5. The first-order chi connectivity index (χ1) is 12.1. The van der Waals surface area contributed by atoms with Crippen LogP contribution in [-0.4, -0.2) is 49.0 Å². The first kappa shape index (κ1) is 17.6. The molecule has 0 amide bonds. The van der Waals surface area contributed by atoms with E-state index in [4.69, 9.17) is 4.74 Å². The van der Waals surface area contributed by atoms with Gasteiger partial charge in [-0.2, -0.15) is 0 Å². The van der Waals surface area contributed by atoms with Crippen molar-refractivity contribution < 1.29 is 9.53 Å². The van der Waals surface area contributed by atoms with Crippen LogP contribution < -0.4 is 0 Å². The molecule has 4 nitrogen and oxygen atoms in total. The number of carbonyl (C=O) groups is 1. The van der Waals surface area contributed by atoms with Crippen molar-refractivity contribution >= 4 is 5.97 Å². The Morgan fingerprint density at radius 3 is 1.96 bits per heavy atom. The third-order valence-corrected chi connectivity index (χ3v) is 4.80. The van der Waals surface area contributed by atoms with E-state index < -0.39 is 0 Å². The van der Waals surface area contributed by atoms with Gasteiger partial charge in [0.2, 0.25) is 0 Å². The second-order valence-corrected chi connectivity index (χ2v) is 6.64. The van der Waals surface area contributed by atoms with Crippen LogP contribution in [-0.2, 0) is 9.53 Å². The van der Waals surface area contributed by atoms with Gasteiger partial charge in [-0.25, -0.2) is 4.79 Å². The predicted octanol–water partition coefficient (Wildman–Crippen LogP) is 3.28. The Labute approximate surface area is 150 Å². The van der Waals surface area contributed by atoms with Gasteiger partial charge in [-0.3, -0.25) is 4.90 Å². The van der Waals surface area contributed by atoms with Crippen molar-refractivity contribution in [3.63, 3.8) is 0 Å². The molecule has 2 aromatic rings. The third kappa shape index (κ3) is 4.47. The zero-order valence-electron chi connectivity index (χ0n) is 15.0. The monoisotopic (exact) mass is 338 g/mol. The molecule has 3 rings (SSSR count). The van der Waals surface area contributed by atoms with Crippen LogP contribution >= 0.6 is 0 Å². The quantitative estimate of drug-likeness (QED) is 0.783. The molecule has 1 aliphatic heterocycles. The smallest absolute Gasteiger partial charge is 0.328 e. The Balaban J connectivity index is 1.78. The summed E-state index contributed by atoms with van der Waals surface area (Å²) in [5.41, 5.74) is 2.01. The third-order valence-electron chi connectivity index (χ3n) is 4.80. The number of hydrogen-bond donors (Lipinski definition) is 0. The highest BCUT2D eigenvalue weighted by Crippen LogP contribution is 2.27. The lowest BCUT2D eigenvalue weighted by Crippen LogP contribution is -2.48. The van der Waals surface area contributed by atoms with E-state index in [0.29, 0.717) is 0 Å². The molecule has 1 heterocycles. The molecular weight excluding hydrogens is 312 g/mol. The van der Waals surface area contributed by atoms with Crippen LogP contribution in [0.25, 0.3) is 0 Å². The maximum atomic E-state index is 13.0. The Morgan fingerprint density at radius 1 is 0.880 bits per heavy atom. The van der Waals surface area contributed by atoms with Crippen molar-refractivity contribution in [2.75, 3.05) is 33.2 Å². The zero-order valence-corrected chi connectivity index (χ0v) is 15.0. The van der Waals surface area contributed by atoms with Gasteiger partial charge in [-0.05, 0) is 25.1 Å². The molecule has 0 N–H and O–H groups in total. The summed E-state index contributed by atoms with van der Waals surface area (Å²) in [4.78, 5) is 17.6. The Hall–Kier alpha value is -2.17. The molecule has 1 saturated heterocycles. The van der Waals surface area contributed by atoms with E-state index in [1.807, 2.05) is 67.6 Å². The molecule has 0 aromatic heterocycles. The van der Waals surface area contributed by atoms with Crippen molar-refractivity contribution in [1.29, 1.82) is 0 Å². The molecule has 0 spiro atoms. The van der Waals surface area contributed by atoms with Crippen LogP contribution in [0.2, 0.25) is 0 Å². The molecule has 0 saturated carbocycles. The fourth-order valence-electron chi connectivity index (χ4n) is 3.24. The van der Waals surface area contributed by atoms with Crippen LogP contribution in [0.3, 0.4) is 0 Å². The highest BCUT2D eigenvalue weighted by Gasteiger charge is 2.32. The maximum absolute atomic E-state index is 13.0. The van der Waals surface area contributed by atoms with E-state index in [-0.39, 0.29) is 18.1 Å². The van der Waals surface area contributed by atoms with E-state index in [0.717, 1.165) is 37.3 Å². The fraction of sp³-hybridized carbons (Fsp3) is 0.381. The van der Waals surface area contributed by atoms with E-state index in [2.05, 4.69) is 16.8 Å². The number of likely N-dealkylation sites (N-methyl/N-ethyl adjacent to an activating group) is 1. The number of rotatable bonds is 5. The van der Waals surface area contributed by atoms with E-state index in [1.54, 1.807) is 0 Å². The molecule has 2 aromatic carbocycles. The molecule has 2 atom stereocenters. The first-order valence-corrected chi connectivity index (χ1v) is 8.88. The van der Waals surface area contributed by atoms with Crippen molar-refractivity contribution in [3.8, 4) is 0 Å². The molecule has 1 aliphatic rings. The van der Waals surface area contributed by atoms with Crippen LogP contribution in [0.15, 0.2) is 60.7 Å². The summed E-state index contributed by atoms with van der Waals surface area (Å²) in [6.45, 7) is 5.59. The van der Waals surface area contributed by atoms with Gasteiger partial charge in [-0.1, -0.05) is 60.7 Å². The molecule has 0 aliphatic carbocycles. The molecule has 1 unspecified atom stereocenters. The minimum atomic E-state index is -0.346. The number of carbonyl (C=O) groups excluding carboxylic acids is 1. The average Bonchev–Trinajstić information content (AvgIpc) is 2.65. The van der Waals surface area contributed by atoms with Gasteiger partial charge in [0.15, 0.2) is 0 Å². The van der Waals surface area contributed by atoms with Crippen molar-refractivity contribution in [2.24, 2.45) is 0 Å². The van der Waals surface area contributed by atoms with E-state index >= 15 is 0 Å². The number of esters is 1. The molecule has 25 heavy (non-hydrogen) atoms. The number of piperazine rings is 1. The van der Waals surface area contributed by atoms with Gasteiger partial charge < -0.3 is 9.64 Å². The number of nitrogens with zero attached hydrogens (tertiary/aromatic N) is 2. The minimum Gasteiger partial charge on any atom is -0.456 e. The summed E-state index contributed by atoms with van der Waals surface area (Å²) in [5, 5.41) is 0. The number of hydrogen-bond acceptors (Lipinski definition) is 4. The van der Waals surface area contributed by atoms with Gasteiger partial charge in [0.25, 0.3) is 0 Å². The van der Waals surface area contributed by atoms with Crippen LogP contribution in [0.4, 0.5) is 0 Å². The summed E-state index contributed by atoms with van der Waals surface area (Å²) in [5.74, 6) is -0.174. The van der Waals surface area contributed by atoms with E-state index in [1.165, 1.54) is 0 Å². The predicted molar refractivity (Wildman–Crippen MR) is 99.2 cm³/mol. The topological polar surface area (TPSA) is 32.8 Å². The zero-order chi connectivity index (χ0) is 17.6. The lowest BCUT2D eigenvalue weighted by Gasteiger charge is -2.37. The van der Waals surface area contributed by atoms with Crippen LogP contribution in [0.1, 0.15) is 30.2 Å². The van der Waals surface area contributed by atoms with Crippen LogP contribution in [0.5, 0.6) is 0 Å². The van der Waals surface area contributed by atoms with Gasteiger partial charge in [-0.15, -0.1) is 0 Å². The highest BCUT2D eigenvalue weighted by atomic mass is 16.5. The second kappa shape index (κ2) is 8.28. The summed E-state index contributed by atoms with van der Waals surface area (Å²) in [7, 11) is 2.12. The lowest BCUT2D eigenvalue weighted by molar-refractivity contribution is -0.156.